The highest BCUT2D eigenvalue weighted by Gasteiger charge is 2.29. The fraction of sp³-hybridized carbons (Fsp3) is 0.929. The Morgan fingerprint density at radius 3 is 2.76 bits per heavy atom. The van der Waals surface area contributed by atoms with Crippen LogP contribution in [0.4, 0.5) is 0 Å². The van der Waals surface area contributed by atoms with Crippen LogP contribution in [0.5, 0.6) is 0 Å². The van der Waals surface area contributed by atoms with Crippen LogP contribution < -0.4 is 5.32 Å². The highest BCUT2D eigenvalue weighted by atomic mass is 16.2. The van der Waals surface area contributed by atoms with Crippen LogP contribution in [0.2, 0.25) is 0 Å². The van der Waals surface area contributed by atoms with Gasteiger partial charge in [-0.25, -0.2) is 0 Å². The van der Waals surface area contributed by atoms with E-state index in [0.29, 0.717) is 24.3 Å². The van der Waals surface area contributed by atoms with Gasteiger partial charge >= 0.3 is 0 Å². The lowest BCUT2D eigenvalue weighted by Gasteiger charge is -2.25. The Hall–Kier alpha value is -0.570. The lowest BCUT2D eigenvalue weighted by molar-refractivity contribution is -0.131. The van der Waals surface area contributed by atoms with E-state index in [-0.39, 0.29) is 0 Å². The number of nitrogens with zero attached hydrogens (tertiary/aromatic N) is 1. The maximum absolute atomic E-state index is 12.2. The fourth-order valence-electron chi connectivity index (χ4n) is 3.00. The maximum Gasteiger partial charge on any atom is 0.224 e. The van der Waals surface area contributed by atoms with Gasteiger partial charge in [-0.3, -0.25) is 4.79 Å². The van der Waals surface area contributed by atoms with Crippen molar-refractivity contribution in [2.24, 2.45) is 11.8 Å². The average Bonchev–Trinajstić information content (AvgIpc) is 2.79. The molecule has 3 nitrogen and oxygen atoms in total. The van der Waals surface area contributed by atoms with Gasteiger partial charge in [-0.1, -0.05) is 20.3 Å². The number of carbonyl (C=O) groups is 1. The van der Waals surface area contributed by atoms with E-state index in [1.54, 1.807) is 0 Å². The second-order valence-electron chi connectivity index (χ2n) is 5.98. The minimum Gasteiger partial charge on any atom is -0.342 e. The predicted molar refractivity (Wildman–Crippen MR) is 69.8 cm³/mol. The standard InChI is InChI=1S/C14H26N2O/c1-11(2)12-6-8-16(10-12)14(17)9-13-5-3-4-7-15-13/h11-13,15H,3-10H2,1-2H3. The Balaban J connectivity index is 1.76. The van der Waals surface area contributed by atoms with E-state index in [9.17, 15) is 4.79 Å². The van der Waals surface area contributed by atoms with Gasteiger partial charge in [-0.2, -0.15) is 0 Å². The summed E-state index contributed by atoms with van der Waals surface area (Å²) in [4.78, 5) is 14.3. The first-order chi connectivity index (χ1) is 8.16. The van der Waals surface area contributed by atoms with Crippen LogP contribution in [0, 0.1) is 11.8 Å². The van der Waals surface area contributed by atoms with E-state index in [4.69, 9.17) is 0 Å². The molecule has 0 aliphatic carbocycles. The van der Waals surface area contributed by atoms with E-state index >= 15 is 0 Å². The molecular weight excluding hydrogens is 212 g/mol. The number of carbonyl (C=O) groups excluding carboxylic acids is 1. The van der Waals surface area contributed by atoms with E-state index in [0.717, 1.165) is 25.6 Å². The van der Waals surface area contributed by atoms with Crippen LogP contribution in [-0.2, 0) is 4.79 Å². The first kappa shape index (κ1) is 12.9. The summed E-state index contributed by atoms with van der Waals surface area (Å²) in [7, 11) is 0. The van der Waals surface area contributed by atoms with Crippen LogP contribution in [-0.4, -0.2) is 36.5 Å². The third-order valence-corrected chi connectivity index (χ3v) is 4.35. The lowest BCUT2D eigenvalue weighted by atomic mass is 9.95. The summed E-state index contributed by atoms with van der Waals surface area (Å²) in [6, 6.07) is 0.439. The number of likely N-dealkylation sites (tertiary alicyclic amines) is 1. The zero-order valence-corrected chi connectivity index (χ0v) is 11.2. The van der Waals surface area contributed by atoms with Crippen molar-refractivity contribution in [1.82, 2.24) is 10.2 Å². The number of amides is 1. The molecule has 2 aliphatic heterocycles. The van der Waals surface area contributed by atoms with E-state index in [2.05, 4.69) is 24.1 Å². The van der Waals surface area contributed by atoms with Crippen LogP contribution in [0.3, 0.4) is 0 Å². The van der Waals surface area contributed by atoms with Gasteiger partial charge < -0.3 is 10.2 Å². The summed E-state index contributed by atoms with van der Waals surface area (Å²) in [6.07, 6.45) is 5.63. The average molecular weight is 238 g/mol. The Labute approximate surface area is 105 Å². The van der Waals surface area contributed by atoms with Crippen LogP contribution >= 0.6 is 0 Å². The summed E-state index contributed by atoms with van der Waals surface area (Å²) in [5, 5.41) is 3.46. The summed E-state index contributed by atoms with van der Waals surface area (Å²) < 4.78 is 0. The molecule has 2 saturated heterocycles. The Bertz CT molecular complexity index is 259. The largest absolute Gasteiger partial charge is 0.342 e. The summed E-state index contributed by atoms with van der Waals surface area (Å²) in [5.74, 6) is 1.80. The highest BCUT2D eigenvalue weighted by molar-refractivity contribution is 5.77. The Morgan fingerprint density at radius 2 is 2.18 bits per heavy atom. The van der Waals surface area contributed by atoms with Crippen molar-refractivity contribution < 1.29 is 4.79 Å². The number of nitrogens with one attached hydrogen (secondary N) is 1. The molecule has 2 unspecified atom stereocenters. The van der Waals surface area contributed by atoms with Crippen LogP contribution in [0.15, 0.2) is 0 Å². The van der Waals surface area contributed by atoms with E-state index < -0.39 is 0 Å². The molecular formula is C14H26N2O. The molecule has 2 fully saturated rings. The van der Waals surface area contributed by atoms with E-state index in [1.807, 2.05) is 0 Å². The molecule has 2 heterocycles. The van der Waals surface area contributed by atoms with Gasteiger partial charge in [0.05, 0.1) is 0 Å². The molecule has 3 heteroatoms. The number of hydrogen-bond donors (Lipinski definition) is 1. The quantitative estimate of drug-likeness (QED) is 0.816. The summed E-state index contributed by atoms with van der Waals surface area (Å²) >= 11 is 0. The highest BCUT2D eigenvalue weighted by Crippen LogP contribution is 2.24. The minimum absolute atomic E-state index is 0.368. The van der Waals surface area contributed by atoms with Crippen molar-refractivity contribution in [3.63, 3.8) is 0 Å². The molecule has 2 rings (SSSR count). The van der Waals surface area contributed by atoms with Gasteiger partial charge in [0.15, 0.2) is 0 Å². The molecule has 98 valence electrons. The molecule has 0 radical (unpaired) electrons. The van der Waals surface area contributed by atoms with Crippen molar-refractivity contribution in [3.05, 3.63) is 0 Å². The maximum atomic E-state index is 12.2. The zero-order valence-electron chi connectivity index (χ0n) is 11.2. The molecule has 0 aromatic rings. The third kappa shape index (κ3) is 3.44. The van der Waals surface area contributed by atoms with Crippen LogP contribution in [0.25, 0.3) is 0 Å². The Kier molecular flexibility index (Phi) is 4.43. The first-order valence-electron chi connectivity index (χ1n) is 7.18. The third-order valence-electron chi connectivity index (χ3n) is 4.35. The monoisotopic (exact) mass is 238 g/mol. The molecule has 0 saturated carbocycles. The second-order valence-corrected chi connectivity index (χ2v) is 5.98. The summed E-state index contributed by atoms with van der Waals surface area (Å²) in [6.45, 7) is 7.59. The molecule has 17 heavy (non-hydrogen) atoms. The smallest absolute Gasteiger partial charge is 0.224 e. The SMILES string of the molecule is CC(C)C1CCN(C(=O)CC2CCCCN2)C1. The molecule has 0 aromatic carbocycles. The second kappa shape index (κ2) is 5.85. The number of piperidine rings is 1. The molecule has 2 aliphatic rings. The first-order valence-corrected chi connectivity index (χ1v) is 7.18. The molecule has 1 amide bonds. The number of hydrogen-bond acceptors (Lipinski definition) is 2. The molecule has 0 bridgehead atoms. The van der Waals surface area contributed by atoms with Crippen molar-refractivity contribution in [2.75, 3.05) is 19.6 Å². The summed E-state index contributed by atoms with van der Waals surface area (Å²) in [5.41, 5.74) is 0. The zero-order chi connectivity index (χ0) is 12.3. The molecule has 0 aromatic heterocycles. The van der Waals surface area contributed by atoms with Gasteiger partial charge in [0.1, 0.15) is 0 Å². The molecule has 0 spiro atoms. The van der Waals surface area contributed by atoms with E-state index in [1.165, 1.54) is 25.7 Å². The lowest BCUT2D eigenvalue weighted by Crippen LogP contribution is -2.40. The molecule has 1 N–H and O–H groups in total. The van der Waals surface area contributed by atoms with Crippen molar-refractivity contribution >= 4 is 5.91 Å². The fourth-order valence-corrected chi connectivity index (χ4v) is 3.00. The van der Waals surface area contributed by atoms with Gasteiger partial charge in [0.25, 0.3) is 0 Å². The number of rotatable bonds is 3. The predicted octanol–water partition coefficient (Wildman–Crippen LogP) is 2.02. The molecule has 2 atom stereocenters. The van der Waals surface area contributed by atoms with Crippen molar-refractivity contribution in [3.8, 4) is 0 Å². The Morgan fingerprint density at radius 1 is 1.35 bits per heavy atom. The van der Waals surface area contributed by atoms with Gasteiger partial charge in [-0.15, -0.1) is 0 Å². The van der Waals surface area contributed by atoms with Crippen molar-refractivity contribution in [1.29, 1.82) is 0 Å². The topological polar surface area (TPSA) is 32.3 Å². The van der Waals surface area contributed by atoms with Gasteiger partial charge in [0, 0.05) is 25.6 Å². The van der Waals surface area contributed by atoms with Crippen LogP contribution in [0.1, 0.15) is 46.0 Å². The normalized spacial score (nSPS) is 29.9. The van der Waals surface area contributed by atoms with Gasteiger partial charge in [0.2, 0.25) is 5.91 Å². The minimum atomic E-state index is 0.368. The van der Waals surface area contributed by atoms with Crippen molar-refractivity contribution in [2.45, 2.75) is 52.0 Å². The van der Waals surface area contributed by atoms with Gasteiger partial charge in [-0.05, 0) is 37.6 Å².